The first kappa shape index (κ1) is 11.8. The van der Waals surface area contributed by atoms with Crippen molar-refractivity contribution >= 4 is 0 Å². The number of hydrogen-bond acceptors (Lipinski definition) is 4. The summed E-state index contributed by atoms with van der Waals surface area (Å²) < 4.78 is 11.7. The first-order chi connectivity index (χ1) is 8.74. The average Bonchev–Trinajstić information content (AvgIpc) is 2.77. The monoisotopic (exact) mass is 249 g/mol. The third-order valence-corrected chi connectivity index (χ3v) is 3.76. The number of aliphatic hydroxyl groups excluding tert-OH is 1. The molecule has 1 spiro atoms. The minimum Gasteiger partial charge on any atom is -0.493 e. The molecule has 0 saturated carbocycles. The van der Waals surface area contributed by atoms with Gasteiger partial charge < -0.3 is 19.9 Å². The van der Waals surface area contributed by atoms with Gasteiger partial charge in [0.25, 0.3) is 0 Å². The predicted octanol–water partition coefficient (Wildman–Crippen LogP) is 1.63. The fourth-order valence-corrected chi connectivity index (χ4v) is 2.93. The van der Waals surface area contributed by atoms with E-state index in [1.54, 1.807) is 0 Å². The minimum absolute atomic E-state index is 0.239. The maximum absolute atomic E-state index is 10.4. The molecule has 0 bridgehead atoms. The van der Waals surface area contributed by atoms with Gasteiger partial charge in [-0.2, -0.15) is 0 Å². The minimum atomic E-state index is -0.503. The number of rotatable bonds is 2. The summed E-state index contributed by atoms with van der Waals surface area (Å²) in [7, 11) is 0. The molecule has 0 aliphatic carbocycles. The molecule has 2 aliphatic rings. The first-order valence-corrected chi connectivity index (χ1v) is 6.58. The lowest BCUT2D eigenvalue weighted by atomic mass is 9.88. The van der Waals surface area contributed by atoms with E-state index in [9.17, 15) is 5.11 Å². The van der Waals surface area contributed by atoms with Crippen LogP contribution in [-0.2, 0) is 0 Å². The Morgan fingerprint density at radius 1 is 1.56 bits per heavy atom. The van der Waals surface area contributed by atoms with Crippen LogP contribution in [0.3, 0.4) is 0 Å². The summed E-state index contributed by atoms with van der Waals surface area (Å²) in [6, 6.07) is 5.72. The van der Waals surface area contributed by atoms with Crippen LogP contribution in [0.2, 0.25) is 0 Å². The van der Waals surface area contributed by atoms with Crippen molar-refractivity contribution in [3.8, 4) is 11.5 Å². The zero-order valence-corrected chi connectivity index (χ0v) is 10.6. The third-order valence-electron chi connectivity index (χ3n) is 3.76. The van der Waals surface area contributed by atoms with Crippen LogP contribution in [-0.4, -0.2) is 30.4 Å². The maximum Gasteiger partial charge on any atom is 0.129 e. The molecule has 2 unspecified atom stereocenters. The normalized spacial score (nSPS) is 30.0. The standard InChI is InChI=1S/C14H19NO3/c1-2-17-11-4-3-5-12-13(11)10(16)8-14(18-12)6-7-15-9-14/h3-5,10,15-16H,2,6-9H2,1H3. The first-order valence-electron chi connectivity index (χ1n) is 6.58. The quantitative estimate of drug-likeness (QED) is 0.836. The average molecular weight is 249 g/mol. The predicted molar refractivity (Wildman–Crippen MR) is 68.0 cm³/mol. The summed E-state index contributed by atoms with van der Waals surface area (Å²) in [5.41, 5.74) is 0.564. The van der Waals surface area contributed by atoms with Gasteiger partial charge in [0.1, 0.15) is 17.1 Å². The zero-order valence-electron chi connectivity index (χ0n) is 10.6. The molecule has 2 heterocycles. The fraction of sp³-hybridized carbons (Fsp3) is 0.571. The molecule has 0 aromatic heterocycles. The van der Waals surface area contributed by atoms with Crippen molar-refractivity contribution in [1.82, 2.24) is 5.32 Å². The van der Waals surface area contributed by atoms with Crippen LogP contribution in [0, 0.1) is 0 Å². The van der Waals surface area contributed by atoms with Crippen molar-refractivity contribution in [1.29, 1.82) is 0 Å². The lowest BCUT2D eigenvalue weighted by Crippen LogP contribution is -2.43. The third kappa shape index (κ3) is 1.85. The lowest BCUT2D eigenvalue weighted by Gasteiger charge is -2.38. The highest BCUT2D eigenvalue weighted by atomic mass is 16.5. The van der Waals surface area contributed by atoms with Gasteiger partial charge in [-0.3, -0.25) is 0 Å². The Morgan fingerprint density at radius 3 is 3.17 bits per heavy atom. The van der Waals surface area contributed by atoms with Crippen LogP contribution < -0.4 is 14.8 Å². The van der Waals surface area contributed by atoms with Gasteiger partial charge in [-0.15, -0.1) is 0 Å². The van der Waals surface area contributed by atoms with E-state index in [0.29, 0.717) is 13.0 Å². The molecule has 0 radical (unpaired) electrons. The fourth-order valence-electron chi connectivity index (χ4n) is 2.93. The summed E-state index contributed by atoms with van der Waals surface area (Å²) in [5, 5.41) is 13.7. The van der Waals surface area contributed by atoms with Gasteiger partial charge in [-0.25, -0.2) is 0 Å². The van der Waals surface area contributed by atoms with Crippen molar-refractivity contribution < 1.29 is 14.6 Å². The van der Waals surface area contributed by atoms with E-state index in [1.165, 1.54) is 0 Å². The topological polar surface area (TPSA) is 50.7 Å². The molecule has 3 rings (SSSR count). The summed E-state index contributed by atoms with van der Waals surface area (Å²) >= 11 is 0. The Bertz CT molecular complexity index is 441. The van der Waals surface area contributed by atoms with Crippen molar-refractivity contribution in [2.24, 2.45) is 0 Å². The Hall–Kier alpha value is -1.26. The van der Waals surface area contributed by atoms with E-state index in [-0.39, 0.29) is 5.60 Å². The van der Waals surface area contributed by atoms with Gasteiger partial charge >= 0.3 is 0 Å². The van der Waals surface area contributed by atoms with Gasteiger partial charge in [0.2, 0.25) is 0 Å². The number of fused-ring (bicyclic) bond motifs is 1. The smallest absolute Gasteiger partial charge is 0.129 e. The van der Waals surface area contributed by atoms with Crippen LogP contribution in [0.5, 0.6) is 11.5 Å². The number of hydrogen-bond donors (Lipinski definition) is 2. The number of ether oxygens (including phenoxy) is 2. The van der Waals surface area contributed by atoms with Crippen molar-refractivity contribution in [2.75, 3.05) is 19.7 Å². The van der Waals surface area contributed by atoms with Crippen LogP contribution in [0.25, 0.3) is 0 Å². The number of nitrogens with one attached hydrogen (secondary N) is 1. The molecule has 1 aromatic rings. The second-order valence-corrected chi connectivity index (χ2v) is 5.03. The highest BCUT2D eigenvalue weighted by molar-refractivity contribution is 5.48. The van der Waals surface area contributed by atoms with Crippen LogP contribution in [0.4, 0.5) is 0 Å². The highest BCUT2D eigenvalue weighted by Crippen LogP contribution is 2.45. The molecule has 98 valence electrons. The second kappa shape index (κ2) is 4.44. The Balaban J connectivity index is 1.97. The molecule has 2 atom stereocenters. The zero-order chi connectivity index (χ0) is 12.6. The highest BCUT2D eigenvalue weighted by Gasteiger charge is 2.43. The van der Waals surface area contributed by atoms with Crippen LogP contribution in [0.1, 0.15) is 31.4 Å². The maximum atomic E-state index is 10.4. The second-order valence-electron chi connectivity index (χ2n) is 5.03. The molecule has 2 N–H and O–H groups in total. The summed E-state index contributed by atoms with van der Waals surface area (Å²) in [5.74, 6) is 1.51. The van der Waals surface area contributed by atoms with Gasteiger partial charge in [-0.1, -0.05) is 6.07 Å². The van der Waals surface area contributed by atoms with Gasteiger partial charge in [-0.05, 0) is 25.6 Å². The molecular weight excluding hydrogens is 230 g/mol. The Labute approximate surface area is 107 Å². The van der Waals surface area contributed by atoms with Gasteiger partial charge in [0.05, 0.1) is 18.3 Å². The van der Waals surface area contributed by atoms with Crippen LogP contribution in [0.15, 0.2) is 18.2 Å². The molecule has 4 heteroatoms. The van der Waals surface area contributed by atoms with Crippen molar-refractivity contribution in [3.63, 3.8) is 0 Å². The molecule has 4 nitrogen and oxygen atoms in total. The Kier molecular flexibility index (Phi) is 2.92. The van der Waals surface area contributed by atoms with E-state index in [2.05, 4.69) is 5.32 Å². The number of benzene rings is 1. The molecular formula is C14H19NO3. The van der Waals surface area contributed by atoms with Crippen LogP contribution >= 0.6 is 0 Å². The van der Waals surface area contributed by atoms with E-state index in [1.807, 2.05) is 25.1 Å². The van der Waals surface area contributed by atoms with Gasteiger partial charge in [0.15, 0.2) is 0 Å². The molecule has 1 fully saturated rings. The van der Waals surface area contributed by atoms with Gasteiger partial charge in [0, 0.05) is 19.4 Å². The largest absolute Gasteiger partial charge is 0.493 e. The van der Waals surface area contributed by atoms with E-state index in [4.69, 9.17) is 9.47 Å². The molecule has 1 saturated heterocycles. The van der Waals surface area contributed by atoms with E-state index < -0.39 is 6.10 Å². The summed E-state index contributed by atoms with van der Waals surface area (Å²) in [4.78, 5) is 0. The van der Waals surface area contributed by atoms with E-state index in [0.717, 1.165) is 36.6 Å². The molecule has 1 aromatic carbocycles. The summed E-state index contributed by atoms with van der Waals surface area (Å²) in [6.07, 6.45) is 1.08. The SMILES string of the molecule is CCOc1cccc2c1C(O)CC1(CCNC1)O2. The molecule has 18 heavy (non-hydrogen) atoms. The van der Waals surface area contributed by atoms with E-state index >= 15 is 0 Å². The lowest BCUT2D eigenvalue weighted by molar-refractivity contribution is -0.00190. The Morgan fingerprint density at radius 2 is 2.44 bits per heavy atom. The molecule has 2 aliphatic heterocycles. The summed E-state index contributed by atoms with van der Waals surface area (Å²) in [6.45, 7) is 4.29. The van der Waals surface area contributed by atoms with Crippen molar-refractivity contribution in [2.45, 2.75) is 31.5 Å². The molecule has 0 amide bonds. The number of aliphatic hydroxyl groups is 1. The van der Waals surface area contributed by atoms with Crippen molar-refractivity contribution in [3.05, 3.63) is 23.8 Å².